The molecule has 0 fully saturated rings. The fourth-order valence-corrected chi connectivity index (χ4v) is 1.47. The van der Waals surface area contributed by atoms with Gasteiger partial charge < -0.3 is 21.1 Å². The first-order valence-electron chi connectivity index (χ1n) is 6.27. The van der Waals surface area contributed by atoms with Crippen molar-refractivity contribution >= 4 is 23.2 Å². The van der Waals surface area contributed by atoms with Crippen LogP contribution in [0.15, 0.2) is 18.2 Å². The molecule has 20 heavy (non-hydrogen) atoms. The van der Waals surface area contributed by atoms with Crippen LogP contribution in [-0.2, 0) is 9.59 Å². The molecule has 1 rings (SSSR count). The number of nitrogens with one attached hydrogen (secondary N) is 2. The van der Waals surface area contributed by atoms with E-state index in [1.807, 2.05) is 0 Å². The van der Waals surface area contributed by atoms with Crippen molar-refractivity contribution < 1.29 is 14.3 Å². The van der Waals surface area contributed by atoms with Crippen LogP contribution in [0.2, 0.25) is 0 Å². The first kappa shape index (κ1) is 16.0. The Kier molecular flexibility index (Phi) is 5.10. The number of hydrogen-bond donors (Lipinski definition) is 3. The van der Waals surface area contributed by atoms with Crippen LogP contribution in [0.4, 0.5) is 11.4 Å². The van der Waals surface area contributed by atoms with Crippen LogP contribution in [0.5, 0.6) is 5.75 Å². The van der Waals surface area contributed by atoms with Crippen molar-refractivity contribution in [2.45, 2.75) is 20.8 Å². The standard InChI is InChI=1S/C14H21N3O3/c1-9(18)16-10-5-6-12(20-4)11(7-10)17-13(19)14(2,3)8-15/h5-7H,8,15H2,1-4H3,(H,16,18)(H,17,19). The minimum absolute atomic E-state index is 0.185. The molecule has 0 aliphatic heterocycles. The number of anilines is 2. The first-order valence-corrected chi connectivity index (χ1v) is 6.27. The van der Waals surface area contributed by atoms with Crippen LogP contribution in [0.3, 0.4) is 0 Å². The lowest BCUT2D eigenvalue weighted by atomic mass is 9.92. The smallest absolute Gasteiger partial charge is 0.231 e. The van der Waals surface area contributed by atoms with Gasteiger partial charge in [0.05, 0.1) is 18.2 Å². The average molecular weight is 279 g/mol. The second-order valence-electron chi connectivity index (χ2n) is 5.14. The molecule has 1 aromatic rings. The minimum atomic E-state index is -0.685. The Balaban J connectivity index is 3.02. The van der Waals surface area contributed by atoms with E-state index in [1.165, 1.54) is 14.0 Å². The van der Waals surface area contributed by atoms with Crippen molar-refractivity contribution in [2.75, 3.05) is 24.3 Å². The number of methoxy groups -OCH3 is 1. The molecule has 6 heteroatoms. The first-order chi connectivity index (χ1) is 9.30. The molecule has 0 heterocycles. The molecule has 6 nitrogen and oxygen atoms in total. The highest BCUT2D eigenvalue weighted by atomic mass is 16.5. The summed E-state index contributed by atoms with van der Waals surface area (Å²) in [6.45, 7) is 5.16. The Labute approximate surface area is 118 Å². The van der Waals surface area contributed by atoms with Crippen molar-refractivity contribution in [3.8, 4) is 5.75 Å². The summed E-state index contributed by atoms with van der Waals surface area (Å²) in [6.07, 6.45) is 0. The highest BCUT2D eigenvalue weighted by molar-refractivity contribution is 5.97. The van der Waals surface area contributed by atoms with Gasteiger partial charge in [-0.15, -0.1) is 0 Å². The van der Waals surface area contributed by atoms with E-state index in [0.29, 0.717) is 17.1 Å². The van der Waals surface area contributed by atoms with Gasteiger partial charge in [0.15, 0.2) is 0 Å². The molecule has 1 aromatic carbocycles. The van der Waals surface area contributed by atoms with Crippen molar-refractivity contribution in [2.24, 2.45) is 11.1 Å². The van der Waals surface area contributed by atoms with Crippen LogP contribution in [-0.4, -0.2) is 25.5 Å². The topological polar surface area (TPSA) is 93.5 Å². The number of carbonyl (C=O) groups is 2. The summed E-state index contributed by atoms with van der Waals surface area (Å²) in [5.74, 6) is 0.119. The summed E-state index contributed by atoms with van der Waals surface area (Å²) in [5.41, 5.74) is 5.97. The van der Waals surface area contributed by atoms with Crippen LogP contribution in [0.25, 0.3) is 0 Å². The van der Waals surface area contributed by atoms with Crippen LogP contribution in [0.1, 0.15) is 20.8 Å². The van der Waals surface area contributed by atoms with Gasteiger partial charge in [-0.25, -0.2) is 0 Å². The van der Waals surface area contributed by atoms with E-state index in [-0.39, 0.29) is 18.4 Å². The SMILES string of the molecule is COc1ccc(NC(C)=O)cc1NC(=O)C(C)(C)CN. The summed E-state index contributed by atoms with van der Waals surface area (Å²) in [7, 11) is 1.51. The van der Waals surface area contributed by atoms with E-state index in [0.717, 1.165) is 0 Å². The lowest BCUT2D eigenvalue weighted by molar-refractivity contribution is -0.123. The predicted octanol–water partition coefficient (Wildman–Crippen LogP) is 1.58. The number of carbonyl (C=O) groups excluding carboxylic acids is 2. The van der Waals surface area contributed by atoms with Crippen molar-refractivity contribution in [3.63, 3.8) is 0 Å². The van der Waals surface area contributed by atoms with Gasteiger partial charge in [-0.1, -0.05) is 0 Å². The molecular weight excluding hydrogens is 258 g/mol. The van der Waals surface area contributed by atoms with E-state index in [2.05, 4.69) is 10.6 Å². The molecule has 0 aliphatic rings. The lowest BCUT2D eigenvalue weighted by Crippen LogP contribution is -2.37. The number of amides is 2. The van der Waals surface area contributed by atoms with E-state index < -0.39 is 5.41 Å². The largest absolute Gasteiger partial charge is 0.495 e. The molecule has 0 spiro atoms. The Bertz CT molecular complexity index is 512. The molecule has 0 saturated carbocycles. The van der Waals surface area contributed by atoms with Crippen LogP contribution >= 0.6 is 0 Å². The highest BCUT2D eigenvalue weighted by Crippen LogP contribution is 2.29. The normalized spacial score (nSPS) is 10.8. The summed E-state index contributed by atoms with van der Waals surface area (Å²) in [4.78, 5) is 23.2. The molecule has 2 amide bonds. The van der Waals surface area contributed by atoms with Gasteiger partial charge in [-0.05, 0) is 32.0 Å². The zero-order chi connectivity index (χ0) is 15.3. The molecular formula is C14H21N3O3. The molecule has 110 valence electrons. The fourth-order valence-electron chi connectivity index (χ4n) is 1.47. The summed E-state index contributed by atoms with van der Waals surface area (Å²) in [6, 6.07) is 5.02. The van der Waals surface area contributed by atoms with E-state index >= 15 is 0 Å². The quantitative estimate of drug-likeness (QED) is 0.762. The van der Waals surface area contributed by atoms with E-state index in [1.54, 1.807) is 32.0 Å². The van der Waals surface area contributed by atoms with Gasteiger partial charge in [0.25, 0.3) is 0 Å². The molecule has 0 unspecified atom stereocenters. The fraction of sp³-hybridized carbons (Fsp3) is 0.429. The van der Waals surface area contributed by atoms with Gasteiger partial charge in [0.1, 0.15) is 5.75 Å². The van der Waals surface area contributed by atoms with E-state index in [9.17, 15) is 9.59 Å². The zero-order valence-electron chi connectivity index (χ0n) is 12.2. The van der Waals surface area contributed by atoms with Gasteiger partial charge in [0.2, 0.25) is 11.8 Å². The molecule has 0 aromatic heterocycles. The predicted molar refractivity (Wildman–Crippen MR) is 78.8 cm³/mol. The van der Waals surface area contributed by atoms with Gasteiger partial charge in [-0.3, -0.25) is 9.59 Å². The second kappa shape index (κ2) is 6.38. The third-order valence-electron chi connectivity index (χ3n) is 2.89. The van der Waals surface area contributed by atoms with Crippen molar-refractivity contribution in [1.82, 2.24) is 0 Å². The number of nitrogens with two attached hydrogens (primary N) is 1. The van der Waals surface area contributed by atoms with E-state index in [4.69, 9.17) is 10.5 Å². The molecule has 4 N–H and O–H groups in total. The maximum Gasteiger partial charge on any atom is 0.231 e. The molecule has 0 bridgehead atoms. The molecule has 0 aliphatic carbocycles. The van der Waals surface area contributed by atoms with Crippen LogP contribution < -0.4 is 21.1 Å². The molecule has 0 saturated heterocycles. The average Bonchev–Trinajstić information content (AvgIpc) is 2.38. The summed E-state index contributed by atoms with van der Waals surface area (Å²) < 4.78 is 5.19. The van der Waals surface area contributed by atoms with Gasteiger partial charge in [-0.2, -0.15) is 0 Å². The number of benzene rings is 1. The Hall–Kier alpha value is -2.08. The summed E-state index contributed by atoms with van der Waals surface area (Å²) in [5, 5.41) is 5.42. The highest BCUT2D eigenvalue weighted by Gasteiger charge is 2.26. The minimum Gasteiger partial charge on any atom is -0.495 e. The Morgan fingerprint density at radius 1 is 1.30 bits per heavy atom. The summed E-state index contributed by atoms with van der Waals surface area (Å²) >= 11 is 0. The van der Waals surface area contributed by atoms with Crippen molar-refractivity contribution in [3.05, 3.63) is 18.2 Å². The van der Waals surface area contributed by atoms with Crippen molar-refractivity contribution in [1.29, 1.82) is 0 Å². The zero-order valence-corrected chi connectivity index (χ0v) is 12.2. The third-order valence-corrected chi connectivity index (χ3v) is 2.89. The maximum atomic E-state index is 12.1. The monoisotopic (exact) mass is 279 g/mol. The second-order valence-corrected chi connectivity index (χ2v) is 5.14. The Morgan fingerprint density at radius 2 is 1.95 bits per heavy atom. The molecule has 0 radical (unpaired) electrons. The molecule has 0 atom stereocenters. The van der Waals surface area contributed by atoms with Crippen LogP contribution in [0, 0.1) is 5.41 Å². The third kappa shape index (κ3) is 3.96. The maximum absolute atomic E-state index is 12.1. The number of hydrogen-bond acceptors (Lipinski definition) is 4. The number of rotatable bonds is 5. The number of ether oxygens (including phenoxy) is 1. The van der Waals surface area contributed by atoms with Gasteiger partial charge in [0, 0.05) is 19.2 Å². The Morgan fingerprint density at radius 3 is 2.45 bits per heavy atom. The lowest BCUT2D eigenvalue weighted by Gasteiger charge is -2.22. The van der Waals surface area contributed by atoms with Gasteiger partial charge >= 0.3 is 0 Å².